The van der Waals surface area contributed by atoms with Crippen molar-refractivity contribution in [3.8, 4) is 0 Å². The van der Waals surface area contributed by atoms with Crippen molar-refractivity contribution in [2.45, 2.75) is 63.6 Å². The van der Waals surface area contributed by atoms with Crippen molar-refractivity contribution in [1.29, 1.82) is 0 Å². The highest BCUT2D eigenvalue weighted by molar-refractivity contribution is 5.08. The van der Waals surface area contributed by atoms with E-state index in [1.54, 1.807) is 6.20 Å². The third-order valence-electron chi connectivity index (χ3n) is 6.17. The van der Waals surface area contributed by atoms with Gasteiger partial charge in [0.1, 0.15) is 0 Å². The van der Waals surface area contributed by atoms with E-state index in [0.717, 1.165) is 38.2 Å². The van der Waals surface area contributed by atoms with Crippen molar-refractivity contribution < 1.29 is 5.11 Å². The number of hydrogen-bond donors (Lipinski definition) is 1. The number of aromatic nitrogens is 3. The van der Waals surface area contributed by atoms with Gasteiger partial charge in [-0.2, -0.15) is 0 Å². The van der Waals surface area contributed by atoms with Gasteiger partial charge in [0, 0.05) is 25.0 Å². The van der Waals surface area contributed by atoms with E-state index < -0.39 is 6.10 Å². The molecule has 3 heterocycles. The zero-order valence-electron chi connectivity index (χ0n) is 15.5. The summed E-state index contributed by atoms with van der Waals surface area (Å²) in [7, 11) is 0. The van der Waals surface area contributed by atoms with Crippen molar-refractivity contribution >= 4 is 0 Å². The molecule has 0 spiro atoms. The summed E-state index contributed by atoms with van der Waals surface area (Å²) in [5.74, 6) is 0.310. The molecule has 1 saturated heterocycles. The molecule has 4 rings (SSSR count). The van der Waals surface area contributed by atoms with E-state index in [-0.39, 0.29) is 0 Å². The van der Waals surface area contributed by atoms with Crippen LogP contribution in [0, 0.1) is 5.92 Å². The van der Waals surface area contributed by atoms with Gasteiger partial charge in [0.2, 0.25) is 0 Å². The second kappa shape index (κ2) is 8.31. The van der Waals surface area contributed by atoms with Crippen LogP contribution in [0.25, 0.3) is 0 Å². The Morgan fingerprint density at radius 2 is 1.88 bits per heavy atom. The average molecular weight is 354 g/mol. The number of imidazole rings is 1. The molecule has 0 radical (unpaired) electrons. The van der Waals surface area contributed by atoms with Crippen molar-refractivity contribution in [3.63, 3.8) is 0 Å². The molecule has 0 bridgehead atoms. The summed E-state index contributed by atoms with van der Waals surface area (Å²) in [6.45, 7) is 3.04. The number of aliphatic hydroxyl groups is 1. The van der Waals surface area contributed by atoms with Crippen molar-refractivity contribution in [2.75, 3.05) is 13.1 Å². The van der Waals surface area contributed by atoms with E-state index in [9.17, 15) is 5.11 Å². The third-order valence-corrected chi connectivity index (χ3v) is 6.17. The maximum atomic E-state index is 10.6. The van der Waals surface area contributed by atoms with Crippen LogP contribution in [-0.2, 0) is 6.54 Å². The lowest BCUT2D eigenvalue weighted by atomic mass is 9.89. The van der Waals surface area contributed by atoms with E-state index in [1.807, 2.05) is 30.7 Å². The minimum Gasteiger partial charge on any atom is -0.387 e. The van der Waals surface area contributed by atoms with Gasteiger partial charge >= 0.3 is 0 Å². The number of nitrogens with zero attached hydrogens (tertiary/aromatic N) is 4. The van der Waals surface area contributed by atoms with Crippen LogP contribution in [-0.4, -0.2) is 37.6 Å². The predicted octanol–water partition coefficient (Wildman–Crippen LogP) is 3.73. The summed E-state index contributed by atoms with van der Waals surface area (Å²) in [4.78, 5) is 11.3. The van der Waals surface area contributed by atoms with Crippen molar-refractivity contribution in [2.24, 2.45) is 5.92 Å². The molecule has 0 amide bonds. The molecule has 1 saturated carbocycles. The topological polar surface area (TPSA) is 54.2 Å². The van der Waals surface area contributed by atoms with Crippen molar-refractivity contribution in [3.05, 3.63) is 48.3 Å². The molecule has 5 heteroatoms. The minimum absolute atomic E-state index is 0.310. The summed E-state index contributed by atoms with van der Waals surface area (Å²) in [6.07, 6.45) is 14.1. The maximum Gasteiger partial charge on any atom is 0.0988 e. The van der Waals surface area contributed by atoms with Gasteiger partial charge in [0.15, 0.2) is 0 Å². The van der Waals surface area contributed by atoms with Gasteiger partial charge in [-0.15, -0.1) is 0 Å². The van der Waals surface area contributed by atoms with Gasteiger partial charge in [-0.3, -0.25) is 9.88 Å². The van der Waals surface area contributed by atoms with Gasteiger partial charge in [-0.1, -0.05) is 25.3 Å². The van der Waals surface area contributed by atoms with Crippen LogP contribution in [0.5, 0.6) is 0 Å². The second-order valence-electron chi connectivity index (χ2n) is 7.90. The summed E-state index contributed by atoms with van der Waals surface area (Å²) >= 11 is 0. The SMILES string of the molecule is OC(c1ccccn1)C1CCN(Cc2cncn2C2CCCCC2)CC1. The Morgan fingerprint density at radius 3 is 2.62 bits per heavy atom. The quantitative estimate of drug-likeness (QED) is 0.889. The number of pyridine rings is 1. The lowest BCUT2D eigenvalue weighted by Gasteiger charge is -2.34. The number of rotatable bonds is 5. The van der Waals surface area contributed by atoms with E-state index in [1.165, 1.54) is 37.8 Å². The van der Waals surface area contributed by atoms with Crippen LogP contribution in [0.1, 0.15) is 68.5 Å². The van der Waals surface area contributed by atoms with Crippen LogP contribution in [0.15, 0.2) is 36.9 Å². The fourth-order valence-corrected chi connectivity index (χ4v) is 4.59. The summed E-state index contributed by atoms with van der Waals surface area (Å²) < 4.78 is 2.42. The van der Waals surface area contributed by atoms with E-state index in [4.69, 9.17) is 0 Å². The first-order valence-electron chi connectivity index (χ1n) is 10.1. The zero-order chi connectivity index (χ0) is 17.8. The van der Waals surface area contributed by atoms with Gasteiger partial charge in [-0.25, -0.2) is 4.98 Å². The Hall–Kier alpha value is -1.72. The Labute approximate surface area is 156 Å². The molecule has 2 aliphatic rings. The fourth-order valence-electron chi connectivity index (χ4n) is 4.59. The maximum absolute atomic E-state index is 10.6. The number of hydrogen-bond acceptors (Lipinski definition) is 4. The van der Waals surface area contributed by atoms with Crippen LogP contribution in [0.3, 0.4) is 0 Å². The minimum atomic E-state index is -0.439. The monoisotopic (exact) mass is 354 g/mol. The Morgan fingerprint density at radius 1 is 1.08 bits per heavy atom. The molecule has 1 aliphatic carbocycles. The van der Waals surface area contributed by atoms with Gasteiger partial charge < -0.3 is 9.67 Å². The molecule has 5 nitrogen and oxygen atoms in total. The lowest BCUT2D eigenvalue weighted by molar-refractivity contribution is 0.0532. The normalized spacial score (nSPS) is 21.7. The number of aliphatic hydroxyl groups excluding tert-OH is 1. The molecule has 1 N–H and O–H groups in total. The molecule has 1 atom stereocenters. The first-order chi connectivity index (χ1) is 12.8. The Bertz CT molecular complexity index is 672. The van der Waals surface area contributed by atoms with Crippen LogP contribution < -0.4 is 0 Å². The molecular weight excluding hydrogens is 324 g/mol. The van der Waals surface area contributed by atoms with Crippen LogP contribution in [0.2, 0.25) is 0 Å². The highest BCUT2D eigenvalue weighted by atomic mass is 16.3. The molecule has 1 unspecified atom stereocenters. The molecular formula is C21H30N4O. The van der Waals surface area contributed by atoms with Crippen LogP contribution >= 0.6 is 0 Å². The lowest BCUT2D eigenvalue weighted by Crippen LogP contribution is -2.36. The Balaban J connectivity index is 1.32. The van der Waals surface area contributed by atoms with Crippen molar-refractivity contribution in [1.82, 2.24) is 19.4 Å². The average Bonchev–Trinajstić information content (AvgIpc) is 3.17. The molecule has 2 aromatic heterocycles. The summed E-state index contributed by atoms with van der Waals surface area (Å²) in [5, 5.41) is 10.6. The Kier molecular flexibility index (Phi) is 5.65. The first-order valence-corrected chi connectivity index (χ1v) is 10.1. The van der Waals surface area contributed by atoms with E-state index in [0.29, 0.717) is 12.0 Å². The van der Waals surface area contributed by atoms with Crippen LogP contribution in [0.4, 0.5) is 0 Å². The molecule has 1 aliphatic heterocycles. The standard InChI is InChI=1S/C21H30N4O/c26-21(20-8-4-5-11-23-20)17-9-12-24(13-10-17)15-19-14-22-16-25(19)18-6-2-1-3-7-18/h4-5,8,11,14,16-18,21,26H,1-3,6-7,9-10,12-13,15H2. The largest absolute Gasteiger partial charge is 0.387 e. The first kappa shape index (κ1) is 17.7. The molecule has 2 aromatic rings. The predicted molar refractivity (Wildman–Crippen MR) is 102 cm³/mol. The van der Waals surface area contributed by atoms with Gasteiger partial charge in [0.25, 0.3) is 0 Å². The smallest absolute Gasteiger partial charge is 0.0988 e. The second-order valence-corrected chi connectivity index (χ2v) is 7.90. The number of likely N-dealkylation sites (tertiary alicyclic amines) is 1. The molecule has 26 heavy (non-hydrogen) atoms. The highest BCUT2D eigenvalue weighted by Gasteiger charge is 2.27. The molecule has 140 valence electrons. The summed E-state index contributed by atoms with van der Waals surface area (Å²) in [5.41, 5.74) is 2.15. The van der Waals surface area contributed by atoms with E-state index >= 15 is 0 Å². The molecule has 2 fully saturated rings. The summed E-state index contributed by atoms with van der Waals surface area (Å²) in [6, 6.07) is 6.42. The molecule has 0 aromatic carbocycles. The fraction of sp³-hybridized carbons (Fsp3) is 0.619. The third kappa shape index (κ3) is 3.99. The zero-order valence-corrected chi connectivity index (χ0v) is 15.5. The highest BCUT2D eigenvalue weighted by Crippen LogP contribution is 2.32. The van der Waals surface area contributed by atoms with Gasteiger partial charge in [0.05, 0.1) is 23.8 Å². The van der Waals surface area contributed by atoms with E-state index in [2.05, 4.69) is 19.4 Å². The number of piperidine rings is 1. The van der Waals surface area contributed by atoms with Gasteiger partial charge in [-0.05, 0) is 56.8 Å².